The topological polar surface area (TPSA) is 57.4 Å². The van der Waals surface area contributed by atoms with Gasteiger partial charge in [0.2, 0.25) is 0 Å². The molecule has 2 aromatic carbocycles. The molecule has 5 nitrogen and oxygen atoms in total. The SMILES string of the molecule is COc1ccccc1-c1nnc(COc2ccc(SC)cc2)o1. The Hall–Kier alpha value is -2.47. The standard InChI is InChI=1S/C17H16N2O3S/c1-20-15-6-4-3-5-14(15)17-19-18-16(22-17)11-21-12-7-9-13(23-2)10-8-12/h3-10H,11H2,1-2H3. The van der Waals surface area contributed by atoms with Crippen molar-refractivity contribution in [3.8, 4) is 23.0 Å². The molecule has 0 bridgehead atoms. The van der Waals surface area contributed by atoms with Crippen molar-refractivity contribution in [2.75, 3.05) is 13.4 Å². The van der Waals surface area contributed by atoms with E-state index in [-0.39, 0.29) is 6.61 Å². The molecule has 6 heteroatoms. The van der Waals surface area contributed by atoms with Crippen LogP contribution in [0.5, 0.6) is 11.5 Å². The van der Waals surface area contributed by atoms with Gasteiger partial charge in [-0.25, -0.2) is 0 Å². The molecule has 0 N–H and O–H groups in total. The molecule has 23 heavy (non-hydrogen) atoms. The number of aromatic nitrogens is 2. The number of rotatable bonds is 6. The summed E-state index contributed by atoms with van der Waals surface area (Å²) in [5.41, 5.74) is 0.762. The van der Waals surface area contributed by atoms with Crippen LogP contribution in [0.4, 0.5) is 0 Å². The Bertz CT molecular complexity index is 772. The monoisotopic (exact) mass is 328 g/mol. The summed E-state index contributed by atoms with van der Waals surface area (Å²) in [6, 6.07) is 15.4. The molecule has 3 rings (SSSR count). The van der Waals surface area contributed by atoms with E-state index < -0.39 is 0 Å². The van der Waals surface area contributed by atoms with Gasteiger partial charge in [-0.15, -0.1) is 22.0 Å². The number of methoxy groups -OCH3 is 1. The number of hydrogen-bond donors (Lipinski definition) is 0. The van der Waals surface area contributed by atoms with Crippen LogP contribution in [0.1, 0.15) is 5.89 Å². The highest BCUT2D eigenvalue weighted by molar-refractivity contribution is 7.98. The maximum Gasteiger partial charge on any atom is 0.254 e. The third-order valence-corrected chi connectivity index (χ3v) is 3.97. The highest BCUT2D eigenvalue weighted by Gasteiger charge is 2.13. The third kappa shape index (κ3) is 3.65. The van der Waals surface area contributed by atoms with Crippen LogP contribution >= 0.6 is 11.8 Å². The lowest BCUT2D eigenvalue weighted by Gasteiger charge is -2.04. The second kappa shape index (κ2) is 7.19. The third-order valence-electron chi connectivity index (χ3n) is 3.23. The van der Waals surface area contributed by atoms with E-state index in [1.165, 1.54) is 4.90 Å². The molecule has 0 radical (unpaired) electrons. The van der Waals surface area contributed by atoms with E-state index in [4.69, 9.17) is 13.9 Å². The molecule has 0 saturated heterocycles. The highest BCUT2D eigenvalue weighted by atomic mass is 32.2. The van der Waals surface area contributed by atoms with Gasteiger partial charge < -0.3 is 13.9 Å². The maximum atomic E-state index is 5.66. The lowest BCUT2D eigenvalue weighted by Crippen LogP contribution is -1.95. The van der Waals surface area contributed by atoms with Crippen molar-refractivity contribution in [2.45, 2.75) is 11.5 Å². The van der Waals surface area contributed by atoms with Crippen molar-refractivity contribution < 1.29 is 13.9 Å². The van der Waals surface area contributed by atoms with Crippen LogP contribution in [0, 0.1) is 0 Å². The molecule has 118 valence electrons. The summed E-state index contributed by atoms with van der Waals surface area (Å²) in [5, 5.41) is 8.07. The molecule has 0 unspecified atom stereocenters. The summed E-state index contributed by atoms with van der Waals surface area (Å²) < 4.78 is 16.6. The summed E-state index contributed by atoms with van der Waals surface area (Å²) in [6.07, 6.45) is 2.04. The number of ether oxygens (including phenoxy) is 2. The summed E-state index contributed by atoms with van der Waals surface area (Å²) in [6.45, 7) is 0.223. The zero-order valence-corrected chi connectivity index (χ0v) is 13.7. The van der Waals surface area contributed by atoms with Crippen LogP contribution in [0.2, 0.25) is 0 Å². The fraction of sp³-hybridized carbons (Fsp3) is 0.176. The second-order valence-electron chi connectivity index (χ2n) is 4.67. The summed E-state index contributed by atoms with van der Waals surface area (Å²) in [7, 11) is 1.61. The largest absolute Gasteiger partial charge is 0.496 e. The van der Waals surface area contributed by atoms with Gasteiger partial charge in [0.25, 0.3) is 11.8 Å². The van der Waals surface area contributed by atoms with E-state index in [1.54, 1.807) is 18.9 Å². The van der Waals surface area contributed by atoms with Crippen LogP contribution in [-0.4, -0.2) is 23.6 Å². The molecule has 0 saturated carbocycles. The molecular weight excluding hydrogens is 312 g/mol. The number of para-hydroxylation sites is 1. The van der Waals surface area contributed by atoms with Crippen molar-refractivity contribution in [1.82, 2.24) is 10.2 Å². The van der Waals surface area contributed by atoms with E-state index in [2.05, 4.69) is 10.2 Å². The predicted molar refractivity (Wildman–Crippen MR) is 88.8 cm³/mol. The lowest BCUT2D eigenvalue weighted by atomic mass is 10.2. The van der Waals surface area contributed by atoms with Crippen molar-refractivity contribution >= 4 is 11.8 Å². The number of benzene rings is 2. The van der Waals surface area contributed by atoms with Gasteiger partial charge in [0.15, 0.2) is 6.61 Å². The van der Waals surface area contributed by atoms with Gasteiger partial charge in [-0.2, -0.15) is 0 Å². The molecule has 0 fully saturated rings. The first kappa shape index (κ1) is 15.4. The van der Waals surface area contributed by atoms with Gasteiger partial charge in [0.1, 0.15) is 11.5 Å². The Morgan fingerprint density at radius 1 is 1.04 bits per heavy atom. The Labute approximate surface area is 138 Å². The molecule has 0 atom stereocenters. The summed E-state index contributed by atoms with van der Waals surface area (Å²) in [5.74, 6) is 2.29. The van der Waals surface area contributed by atoms with Crippen molar-refractivity contribution in [2.24, 2.45) is 0 Å². The molecule has 0 amide bonds. The fourth-order valence-corrected chi connectivity index (χ4v) is 2.47. The minimum absolute atomic E-state index is 0.223. The van der Waals surface area contributed by atoms with Crippen LogP contribution < -0.4 is 9.47 Å². The van der Waals surface area contributed by atoms with Gasteiger partial charge in [0, 0.05) is 4.90 Å². The average molecular weight is 328 g/mol. The number of thioether (sulfide) groups is 1. The first-order chi connectivity index (χ1) is 11.3. The minimum Gasteiger partial charge on any atom is -0.496 e. The van der Waals surface area contributed by atoms with Crippen LogP contribution in [0.15, 0.2) is 57.8 Å². The molecular formula is C17H16N2O3S. The first-order valence-electron chi connectivity index (χ1n) is 7.03. The predicted octanol–water partition coefficient (Wildman–Crippen LogP) is 4.05. The normalized spacial score (nSPS) is 10.5. The molecule has 0 spiro atoms. The Morgan fingerprint density at radius 3 is 2.57 bits per heavy atom. The van der Waals surface area contributed by atoms with Gasteiger partial charge in [0.05, 0.1) is 12.7 Å². The van der Waals surface area contributed by atoms with Crippen molar-refractivity contribution in [1.29, 1.82) is 0 Å². The second-order valence-corrected chi connectivity index (χ2v) is 5.55. The zero-order chi connectivity index (χ0) is 16.1. The van der Waals surface area contributed by atoms with Gasteiger partial charge in [-0.05, 0) is 42.7 Å². The van der Waals surface area contributed by atoms with E-state index >= 15 is 0 Å². The molecule has 1 heterocycles. The van der Waals surface area contributed by atoms with E-state index in [0.717, 1.165) is 11.3 Å². The molecule has 0 aliphatic rings. The van der Waals surface area contributed by atoms with Gasteiger partial charge in [-0.1, -0.05) is 12.1 Å². The molecule has 0 aliphatic heterocycles. The zero-order valence-electron chi connectivity index (χ0n) is 12.9. The summed E-state index contributed by atoms with van der Waals surface area (Å²) >= 11 is 1.69. The molecule has 0 aliphatic carbocycles. The van der Waals surface area contributed by atoms with Gasteiger partial charge in [-0.3, -0.25) is 0 Å². The molecule has 1 aromatic heterocycles. The number of nitrogens with zero attached hydrogens (tertiary/aromatic N) is 2. The summed E-state index contributed by atoms with van der Waals surface area (Å²) in [4.78, 5) is 1.19. The van der Waals surface area contributed by atoms with Crippen LogP contribution in [-0.2, 0) is 6.61 Å². The minimum atomic E-state index is 0.223. The van der Waals surface area contributed by atoms with E-state index in [0.29, 0.717) is 17.5 Å². The molecule has 3 aromatic rings. The Kier molecular flexibility index (Phi) is 4.83. The average Bonchev–Trinajstić information content (AvgIpc) is 3.09. The first-order valence-corrected chi connectivity index (χ1v) is 8.25. The van der Waals surface area contributed by atoms with E-state index in [9.17, 15) is 0 Å². The Morgan fingerprint density at radius 2 is 1.83 bits per heavy atom. The van der Waals surface area contributed by atoms with Crippen LogP contribution in [0.25, 0.3) is 11.5 Å². The lowest BCUT2D eigenvalue weighted by molar-refractivity contribution is 0.264. The quantitative estimate of drug-likeness (QED) is 0.636. The highest BCUT2D eigenvalue weighted by Crippen LogP contribution is 2.28. The number of hydrogen-bond acceptors (Lipinski definition) is 6. The van der Waals surface area contributed by atoms with Crippen molar-refractivity contribution in [3.63, 3.8) is 0 Å². The van der Waals surface area contributed by atoms with Crippen LogP contribution in [0.3, 0.4) is 0 Å². The van der Waals surface area contributed by atoms with Gasteiger partial charge >= 0.3 is 0 Å². The van der Waals surface area contributed by atoms with Crippen molar-refractivity contribution in [3.05, 3.63) is 54.4 Å². The van der Waals surface area contributed by atoms with E-state index in [1.807, 2.05) is 54.8 Å². The maximum absolute atomic E-state index is 5.66. The Balaban J connectivity index is 1.69. The fourth-order valence-electron chi connectivity index (χ4n) is 2.06. The smallest absolute Gasteiger partial charge is 0.254 e.